The standard InChI is InChI=1S/C9H11ClN4/c1-3-6(4-2)12-8-5-7(10)13-9(11)14-8/h1,5-6H,4H2,2H3,(H3,11,12,13,14). The highest BCUT2D eigenvalue weighted by Gasteiger charge is 2.04. The molecule has 0 bridgehead atoms. The molecule has 1 unspecified atom stereocenters. The number of nitrogens with zero attached hydrogens (tertiary/aromatic N) is 2. The van der Waals surface area contributed by atoms with Crippen LogP contribution in [0.25, 0.3) is 0 Å². The lowest BCUT2D eigenvalue weighted by atomic mass is 10.2. The summed E-state index contributed by atoms with van der Waals surface area (Å²) in [5.74, 6) is 3.26. The minimum Gasteiger partial charge on any atom is -0.368 e. The van der Waals surface area contributed by atoms with E-state index in [1.807, 2.05) is 6.92 Å². The summed E-state index contributed by atoms with van der Waals surface area (Å²) in [6, 6.07) is 1.51. The molecule has 74 valence electrons. The fourth-order valence-electron chi connectivity index (χ4n) is 0.949. The second-order valence-electron chi connectivity index (χ2n) is 2.71. The number of nitrogens with one attached hydrogen (secondary N) is 1. The van der Waals surface area contributed by atoms with E-state index >= 15 is 0 Å². The van der Waals surface area contributed by atoms with Crippen LogP contribution in [0.4, 0.5) is 11.8 Å². The molecule has 0 aliphatic heterocycles. The number of terminal acetylenes is 1. The molecule has 0 spiro atoms. The van der Waals surface area contributed by atoms with Gasteiger partial charge in [0.05, 0.1) is 6.04 Å². The maximum Gasteiger partial charge on any atom is 0.223 e. The zero-order valence-corrected chi connectivity index (χ0v) is 8.54. The highest BCUT2D eigenvalue weighted by Crippen LogP contribution is 2.13. The van der Waals surface area contributed by atoms with Crippen molar-refractivity contribution in [2.75, 3.05) is 11.1 Å². The van der Waals surface area contributed by atoms with E-state index in [1.165, 1.54) is 0 Å². The van der Waals surface area contributed by atoms with Gasteiger partial charge in [0, 0.05) is 6.07 Å². The number of halogens is 1. The quantitative estimate of drug-likeness (QED) is 0.587. The van der Waals surface area contributed by atoms with Gasteiger partial charge in [-0.25, -0.2) is 4.98 Å². The van der Waals surface area contributed by atoms with E-state index in [-0.39, 0.29) is 12.0 Å². The molecule has 0 amide bonds. The fraction of sp³-hybridized carbons (Fsp3) is 0.333. The van der Waals surface area contributed by atoms with Crippen LogP contribution in [0.15, 0.2) is 6.07 Å². The van der Waals surface area contributed by atoms with Crippen molar-refractivity contribution in [1.29, 1.82) is 0 Å². The summed E-state index contributed by atoms with van der Waals surface area (Å²) in [6.45, 7) is 1.98. The van der Waals surface area contributed by atoms with Crippen LogP contribution in [0, 0.1) is 12.3 Å². The lowest BCUT2D eigenvalue weighted by Gasteiger charge is -2.11. The number of hydrogen-bond acceptors (Lipinski definition) is 4. The molecular formula is C9H11ClN4. The maximum absolute atomic E-state index is 5.70. The molecule has 0 saturated heterocycles. The number of hydrogen-bond donors (Lipinski definition) is 2. The van der Waals surface area contributed by atoms with E-state index in [0.717, 1.165) is 6.42 Å². The third-order valence-electron chi connectivity index (χ3n) is 1.64. The predicted molar refractivity (Wildman–Crippen MR) is 58.0 cm³/mol. The van der Waals surface area contributed by atoms with Crippen LogP contribution in [0.3, 0.4) is 0 Å². The molecule has 1 atom stereocenters. The summed E-state index contributed by atoms with van der Waals surface area (Å²) >= 11 is 5.70. The topological polar surface area (TPSA) is 63.8 Å². The highest BCUT2D eigenvalue weighted by molar-refractivity contribution is 6.29. The summed E-state index contributed by atoms with van der Waals surface area (Å²) in [4.78, 5) is 7.68. The van der Waals surface area contributed by atoms with Gasteiger partial charge >= 0.3 is 0 Å². The summed E-state index contributed by atoms with van der Waals surface area (Å²) < 4.78 is 0. The summed E-state index contributed by atoms with van der Waals surface area (Å²) in [5.41, 5.74) is 5.42. The lowest BCUT2D eigenvalue weighted by molar-refractivity contribution is 0.850. The Kier molecular flexibility index (Phi) is 3.55. The first-order valence-corrected chi connectivity index (χ1v) is 4.56. The van der Waals surface area contributed by atoms with Gasteiger partial charge in [0.25, 0.3) is 0 Å². The predicted octanol–water partition coefficient (Wildman–Crippen LogP) is 1.54. The summed E-state index contributed by atoms with van der Waals surface area (Å²) in [7, 11) is 0. The van der Waals surface area contributed by atoms with Gasteiger partial charge in [0.2, 0.25) is 5.95 Å². The Labute approximate surface area is 87.9 Å². The first kappa shape index (κ1) is 10.6. The average Bonchev–Trinajstić information content (AvgIpc) is 2.12. The first-order valence-electron chi connectivity index (χ1n) is 4.18. The lowest BCUT2D eigenvalue weighted by Crippen LogP contribution is -2.17. The molecule has 14 heavy (non-hydrogen) atoms. The van der Waals surface area contributed by atoms with Gasteiger partial charge in [0.1, 0.15) is 11.0 Å². The van der Waals surface area contributed by atoms with Crippen LogP contribution in [0.5, 0.6) is 0 Å². The van der Waals surface area contributed by atoms with E-state index in [4.69, 9.17) is 23.8 Å². The Morgan fingerprint density at radius 3 is 2.93 bits per heavy atom. The van der Waals surface area contributed by atoms with Crippen molar-refractivity contribution in [2.24, 2.45) is 0 Å². The van der Waals surface area contributed by atoms with E-state index in [1.54, 1.807) is 6.07 Å². The Bertz CT molecular complexity index is 338. The molecule has 1 aromatic heterocycles. The molecule has 3 N–H and O–H groups in total. The molecule has 4 nitrogen and oxygen atoms in total. The van der Waals surface area contributed by atoms with Gasteiger partial charge in [-0.1, -0.05) is 24.4 Å². The molecule has 1 rings (SSSR count). The molecule has 1 heterocycles. The SMILES string of the molecule is C#CC(CC)Nc1cc(Cl)nc(N)n1. The van der Waals surface area contributed by atoms with Crippen LogP contribution in [0.1, 0.15) is 13.3 Å². The molecule has 0 aromatic carbocycles. The van der Waals surface area contributed by atoms with E-state index in [9.17, 15) is 0 Å². The van der Waals surface area contributed by atoms with Crippen molar-refractivity contribution < 1.29 is 0 Å². The minimum atomic E-state index is -0.0691. The molecule has 1 aromatic rings. The van der Waals surface area contributed by atoms with Crippen molar-refractivity contribution in [3.63, 3.8) is 0 Å². The number of anilines is 2. The molecule has 0 aliphatic carbocycles. The Hall–Kier alpha value is -1.47. The molecular weight excluding hydrogens is 200 g/mol. The van der Waals surface area contributed by atoms with Crippen LogP contribution >= 0.6 is 11.6 Å². The molecule has 0 aliphatic rings. The Morgan fingerprint density at radius 2 is 2.43 bits per heavy atom. The largest absolute Gasteiger partial charge is 0.368 e. The summed E-state index contributed by atoms with van der Waals surface area (Å²) in [6.07, 6.45) is 6.09. The second-order valence-corrected chi connectivity index (χ2v) is 3.09. The number of nitrogens with two attached hydrogens (primary N) is 1. The van der Waals surface area contributed by atoms with Crippen LogP contribution in [0.2, 0.25) is 5.15 Å². The van der Waals surface area contributed by atoms with Crippen molar-refractivity contribution in [3.05, 3.63) is 11.2 Å². The van der Waals surface area contributed by atoms with E-state index < -0.39 is 0 Å². The number of nitrogen functional groups attached to an aromatic ring is 1. The highest BCUT2D eigenvalue weighted by atomic mass is 35.5. The van der Waals surface area contributed by atoms with Gasteiger partial charge in [-0.3, -0.25) is 0 Å². The first-order chi connectivity index (χ1) is 6.65. The van der Waals surface area contributed by atoms with Crippen molar-refractivity contribution in [3.8, 4) is 12.3 Å². The summed E-state index contributed by atoms with van der Waals surface area (Å²) in [5, 5.41) is 3.31. The van der Waals surface area contributed by atoms with Crippen molar-refractivity contribution in [2.45, 2.75) is 19.4 Å². The molecule has 0 fully saturated rings. The minimum absolute atomic E-state index is 0.0691. The number of rotatable bonds is 3. The third-order valence-corrected chi connectivity index (χ3v) is 1.84. The zero-order valence-electron chi connectivity index (χ0n) is 7.79. The molecule has 0 saturated carbocycles. The maximum atomic E-state index is 5.70. The second kappa shape index (κ2) is 4.68. The average molecular weight is 211 g/mol. The van der Waals surface area contributed by atoms with Crippen LogP contribution in [-0.2, 0) is 0 Å². The van der Waals surface area contributed by atoms with Gasteiger partial charge < -0.3 is 11.1 Å². The van der Waals surface area contributed by atoms with Crippen molar-refractivity contribution >= 4 is 23.4 Å². The van der Waals surface area contributed by atoms with Crippen molar-refractivity contribution in [1.82, 2.24) is 9.97 Å². The normalized spacial score (nSPS) is 11.8. The molecule has 0 radical (unpaired) electrons. The van der Waals surface area contributed by atoms with E-state index in [2.05, 4.69) is 21.2 Å². The smallest absolute Gasteiger partial charge is 0.223 e. The Morgan fingerprint density at radius 1 is 1.71 bits per heavy atom. The fourth-order valence-corrected chi connectivity index (χ4v) is 1.14. The van der Waals surface area contributed by atoms with Gasteiger partial charge in [0.15, 0.2) is 0 Å². The van der Waals surface area contributed by atoms with E-state index in [0.29, 0.717) is 11.0 Å². The zero-order chi connectivity index (χ0) is 10.6. The third kappa shape index (κ3) is 2.79. The van der Waals surface area contributed by atoms with Gasteiger partial charge in [-0.2, -0.15) is 4.98 Å². The molecule has 5 heteroatoms. The van der Waals surface area contributed by atoms with Crippen LogP contribution in [-0.4, -0.2) is 16.0 Å². The van der Waals surface area contributed by atoms with Crippen LogP contribution < -0.4 is 11.1 Å². The van der Waals surface area contributed by atoms with Gasteiger partial charge in [-0.15, -0.1) is 6.42 Å². The monoisotopic (exact) mass is 210 g/mol. The number of aromatic nitrogens is 2. The van der Waals surface area contributed by atoms with Gasteiger partial charge in [-0.05, 0) is 6.42 Å². The Balaban J connectivity index is 2.82.